The van der Waals surface area contributed by atoms with Crippen molar-refractivity contribution in [1.29, 1.82) is 0 Å². The normalized spacial score (nSPS) is 29.6. The van der Waals surface area contributed by atoms with Crippen LogP contribution in [0.3, 0.4) is 0 Å². The van der Waals surface area contributed by atoms with Gasteiger partial charge in [0, 0.05) is 17.9 Å². The summed E-state index contributed by atoms with van der Waals surface area (Å²) in [6.07, 6.45) is 2.20. The second-order valence-electron chi connectivity index (χ2n) is 13.2. The largest absolute Gasteiger partial charge is 0.508 e. The van der Waals surface area contributed by atoms with Gasteiger partial charge in [0.15, 0.2) is 33.0 Å². The average Bonchev–Trinajstić information content (AvgIpc) is 3.44. The lowest BCUT2D eigenvalue weighted by atomic mass is 9.56. The number of carbonyl (C=O) groups excluding carboxylic acids is 4. The van der Waals surface area contributed by atoms with Gasteiger partial charge in [0.1, 0.15) is 17.2 Å². The summed E-state index contributed by atoms with van der Waals surface area (Å²) in [5.74, 6) is -20.8. The number of hydrogen-bond acceptors (Lipinski definition) is 6. The van der Waals surface area contributed by atoms with E-state index >= 15 is 8.78 Å². The summed E-state index contributed by atoms with van der Waals surface area (Å²) < 4.78 is 79.3. The minimum Gasteiger partial charge on any atom is -0.508 e. The summed E-state index contributed by atoms with van der Waals surface area (Å²) in [6, 6.07) is 13.0. The molecule has 6 atom stereocenters. The number of amides is 4. The molecule has 2 aliphatic carbocycles. The summed E-state index contributed by atoms with van der Waals surface area (Å²) in [5.41, 5.74) is -0.263. The Kier molecular flexibility index (Phi) is 7.45. The van der Waals surface area contributed by atoms with Crippen molar-refractivity contribution in [2.24, 2.45) is 23.7 Å². The lowest BCUT2D eigenvalue weighted by Crippen LogP contribution is -2.61. The molecule has 1 saturated carbocycles. The van der Waals surface area contributed by atoms with E-state index in [9.17, 15) is 37.5 Å². The van der Waals surface area contributed by atoms with Gasteiger partial charge in [-0.1, -0.05) is 42.0 Å². The standard InChI is InChI=1S/C36H23Cl2F5N2O6/c37-35-12-21-19(7-8-20-23(21)32(48)44(31(20)47)13-15-4-2-1-3-5-15)24(17-10-16-11-18(46)6-9-22(16)51-14-17)36(35,38)34(50)45(33(35)49)30-28(42)26(40)25(39)27(41)29(30)43/h1-7,9,11,14,20-21,23-24,46H,8,10,12-13H2. The number of benzene rings is 3. The predicted octanol–water partition coefficient (Wildman–Crippen LogP) is 6.20. The number of halogens is 7. The summed E-state index contributed by atoms with van der Waals surface area (Å²) in [4.78, 5) is 52.2. The molecular formula is C36H23Cl2F5N2O6. The first-order valence-corrected chi connectivity index (χ1v) is 16.5. The summed E-state index contributed by atoms with van der Waals surface area (Å²) >= 11 is 14.4. The second-order valence-corrected chi connectivity index (χ2v) is 14.5. The molecule has 0 spiro atoms. The highest BCUT2D eigenvalue weighted by Crippen LogP contribution is 2.65. The highest BCUT2D eigenvalue weighted by molar-refractivity contribution is 6.58. The van der Waals surface area contributed by atoms with Crippen LogP contribution in [-0.2, 0) is 32.1 Å². The first-order chi connectivity index (χ1) is 24.2. The number of nitrogens with zero attached hydrogens (tertiary/aromatic N) is 2. The minimum atomic E-state index is -2.67. The average molecular weight is 745 g/mol. The molecule has 3 fully saturated rings. The number of allylic oxidation sites excluding steroid dienone is 3. The number of imide groups is 2. The predicted molar refractivity (Wildman–Crippen MR) is 170 cm³/mol. The van der Waals surface area contributed by atoms with Gasteiger partial charge in [-0.15, -0.1) is 23.2 Å². The number of ether oxygens (including phenoxy) is 1. The van der Waals surface area contributed by atoms with Crippen LogP contribution in [0.25, 0.3) is 0 Å². The van der Waals surface area contributed by atoms with Crippen LogP contribution >= 0.6 is 23.2 Å². The van der Waals surface area contributed by atoms with Gasteiger partial charge in [-0.2, -0.15) is 0 Å². The number of likely N-dealkylation sites (tertiary alicyclic amines) is 1. The molecule has 8 nitrogen and oxygen atoms in total. The Bertz CT molecular complexity index is 2150. The third-order valence-corrected chi connectivity index (χ3v) is 12.1. The van der Waals surface area contributed by atoms with E-state index in [-0.39, 0.29) is 35.6 Å². The Morgan fingerprint density at radius 2 is 1.51 bits per heavy atom. The van der Waals surface area contributed by atoms with Crippen molar-refractivity contribution in [1.82, 2.24) is 4.90 Å². The van der Waals surface area contributed by atoms with Gasteiger partial charge in [0.25, 0.3) is 11.8 Å². The van der Waals surface area contributed by atoms with Crippen LogP contribution in [0.4, 0.5) is 27.6 Å². The van der Waals surface area contributed by atoms with E-state index in [4.69, 9.17) is 27.9 Å². The SMILES string of the molecule is O=C1C2CC=C3C(CC4(Cl)C(=O)N(c5c(F)c(F)c(F)c(F)c5F)C(=O)C4(Cl)C3C3=COc4ccc(O)cc4C3)C2C(=O)N1Cc1ccccc1. The number of phenols is 1. The fourth-order valence-corrected chi connectivity index (χ4v) is 9.31. The fourth-order valence-electron chi connectivity index (χ4n) is 8.36. The summed E-state index contributed by atoms with van der Waals surface area (Å²) in [5, 5.41) is 10.2. The van der Waals surface area contributed by atoms with Gasteiger partial charge in [0.05, 0.1) is 24.6 Å². The molecular weight excluding hydrogens is 722 g/mol. The summed E-state index contributed by atoms with van der Waals surface area (Å²) in [6.45, 7) is -0.0484. The zero-order chi connectivity index (χ0) is 36.3. The van der Waals surface area contributed by atoms with Crippen LogP contribution in [0.2, 0.25) is 0 Å². The number of hydrogen-bond donors (Lipinski definition) is 1. The summed E-state index contributed by atoms with van der Waals surface area (Å²) in [7, 11) is 0. The Labute approximate surface area is 295 Å². The lowest BCUT2D eigenvalue weighted by Gasteiger charge is -2.51. The van der Waals surface area contributed by atoms with Gasteiger partial charge in [-0.05, 0) is 48.1 Å². The minimum absolute atomic E-state index is 0.0140. The third kappa shape index (κ3) is 4.43. The van der Waals surface area contributed by atoms with Gasteiger partial charge >= 0.3 is 0 Å². The molecule has 2 saturated heterocycles. The highest BCUT2D eigenvalue weighted by atomic mass is 35.5. The molecule has 5 aliphatic rings. The fraction of sp³-hybridized carbons (Fsp3) is 0.278. The van der Waals surface area contributed by atoms with Crippen LogP contribution in [0.1, 0.15) is 24.0 Å². The second kappa shape index (κ2) is 11.4. The molecule has 3 aliphatic heterocycles. The van der Waals surface area contributed by atoms with E-state index in [1.807, 2.05) is 0 Å². The molecule has 1 N–H and O–H groups in total. The molecule has 3 aromatic carbocycles. The molecule has 0 aromatic heterocycles. The maximum Gasteiger partial charge on any atom is 0.258 e. The molecule has 15 heteroatoms. The maximum atomic E-state index is 15.3. The Hall–Kier alpha value is -4.75. The van der Waals surface area contributed by atoms with E-state index in [0.29, 0.717) is 22.4 Å². The van der Waals surface area contributed by atoms with Crippen molar-refractivity contribution in [3.63, 3.8) is 0 Å². The van der Waals surface area contributed by atoms with E-state index < -0.39 is 98.2 Å². The molecule has 0 bridgehead atoms. The number of anilines is 1. The molecule has 4 amide bonds. The molecule has 3 aromatic rings. The van der Waals surface area contributed by atoms with Gasteiger partial charge < -0.3 is 9.84 Å². The van der Waals surface area contributed by atoms with Crippen LogP contribution in [0.15, 0.2) is 72.0 Å². The lowest BCUT2D eigenvalue weighted by molar-refractivity contribution is -0.141. The van der Waals surface area contributed by atoms with Crippen LogP contribution in [-0.4, -0.2) is 43.4 Å². The van der Waals surface area contributed by atoms with Gasteiger partial charge in [0.2, 0.25) is 17.6 Å². The maximum absolute atomic E-state index is 15.3. The van der Waals surface area contributed by atoms with Crippen molar-refractivity contribution in [2.45, 2.75) is 35.6 Å². The van der Waals surface area contributed by atoms with Gasteiger partial charge in [-0.3, -0.25) is 24.1 Å². The number of aromatic hydroxyl groups is 1. The molecule has 8 rings (SSSR count). The first-order valence-electron chi connectivity index (χ1n) is 15.8. The molecule has 3 heterocycles. The third-order valence-electron chi connectivity index (χ3n) is 10.6. The smallest absolute Gasteiger partial charge is 0.258 e. The van der Waals surface area contributed by atoms with E-state index in [0.717, 1.165) is 4.90 Å². The number of rotatable bonds is 4. The number of alkyl halides is 2. The van der Waals surface area contributed by atoms with Crippen molar-refractivity contribution >= 4 is 52.5 Å². The van der Waals surface area contributed by atoms with E-state index in [1.165, 1.54) is 24.5 Å². The Balaban J connectivity index is 1.29. The molecule has 51 heavy (non-hydrogen) atoms. The van der Waals surface area contributed by atoms with Crippen molar-refractivity contribution in [3.05, 3.63) is 112 Å². The zero-order valence-electron chi connectivity index (χ0n) is 25.9. The molecule has 262 valence electrons. The van der Waals surface area contributed by atoms with E-state index in [1.54, 1.807) is 36.4 Å². The van der Waals surface area contributed by atoms with Crippen molar-refractivity contribution in [3.8, 4) is 11.5 Å². The monoisotopic (exact) mass is 744 g/mol. The topological polar surface area (TPSA) is 104 Å². The van der Waals surface area contributed by atoms with Crippen LogP contribution in [0, 0.1) is 52.8 Å². The van der Waals surface area contributed by atoms with Crippen molar-refractivity contribution in [2.75, 3.05) is 4.90 Å². The first kappa shape index (κ1) is 33.4. The number of phenolic OH excluding ortho intramolecular Hbond substituents is 1. The van der Waals surface area contributed by atoms with Crippen LogP contribution in [0.5, 0.6) is 11.5 Å². The Morgan fingerprint density at radius 1 is 0.843 bits per heavy atom. The zero-order valence-corrected chi connectivity index (χ0v) is 27.5. The quantitative estimate of drug-likeness (QED) is 0.0853. The van der Waals surface area contributed by atoms with Crippen LogP contribution < -0.4 is 9.64 Å². The van der Waals surface area contributed by atoms with Crippen molar-refractivity contribution < 1.29 is 51.0 Å². The highest BCUT2D eigenvalue weighted by Gasteiger charge is 2.77. The molecule has 0 radical (unpaired) electrons. The number of fused-ring (bicyclic) bond motifs is 5. The Morgan fingerprint density at radius 3 is 2.20 bits per heavy atom. The van der Waals surface area contributed by atoms with E-state index in [2.05, 4.69) is 0 Å². The molecule has 6 unspecified atom stereocenters. The number of carbonyl (C=O) groups is 4. The van der Waals surface area contributed by atoms with Gasteiger partial charge in [-0.25, -0.2) is 26.9 Å².